The number of anilines is 1. The summed E-state index contributed by atoms with van der Waals surface area (Å²) in [5.41, 5.74) is 0.600. The van der Waals surface area contributed by atoms with Crippen molar-refractivity contribution in [1.29, 1.82) is 0 Å². The quantitative estimate of drug-likeness (QED) is 0.697. The van der Waals surface area contributed by atoms with Gasteiger partial charge >= 0.3 is 5.97 Å². The number of carbonyl (C=O) groups excluding carboxylic acids is 1. The average Bonchev–Trinajstić information content (AvgIpc) is 2.27. The van der Waals surface area contributed by atoms with E-state index in [-0.39, 0.29) is 17.9 Å². The van der Waals surface area contributed by atoms with Crippen molar-refractivity contribution < 1.29 is 23.1 Å². The van der Waals surface area contributed by atoms with Crippen LogP contribution < -0.4 is 10.0 Å². The molecule has 1 rings (SSSR count). The molecule has 104 valence electrons. The normalized spacial score (nSPS) is 10.8. The number of carboxylic acids is 1. The molecule has 0 unspecified atom stereocenters. The minimum absolute atomic E-state index is 0.0357. The molecule has 0 fully saturated rings. The fourth-order valence-electron chi connectivity index (χ4n) is 1.31. The number of carbonyl (C=O) groups is 2. The van der Waals surface area contributed by atoms with E-state index in [1.54, 1.807) is 0 Å². The van der Waals surface area contributed by atoms with Crippen LogP contribution in [0.4, 0.5) is 5.69 Å². The lowest BCUT2D eigenvalue weighted by Crippen LogP contribution is -2.28. The zero-order valence-corrected chi connectivity index (χ0v) is 11.0. The van der Waals surface area contributed by atoms with Gasteiger partial charge in [0.1, 0.15) is 0 Å². The Labute approximate surface area is 110 Å². The highest BCUT2D eigenvalue weighted by atomic mass is 32.2. The van der Waals surface area contributed by atoms with Crippen molar-refractivity contribution in [3.05, 3.63) is 24.3 Å². The smallest absolute Gasteiger partial charge is 0.305 e. The molecule has 0 aliphatic carbocycles. The van der Waals surface area contributed by atoms with E-state index in [1.807, 2.05) is 4.72 Å². The zero-order chi connectivity index (χ0) is 14.5. The molecule has 0 heterocycles. The van der Waals surface area contributed by atoms with Gasteiger partial charge in [-0.05, 0) is 24.3 Å². The van der Waals surface area contributed by atoms with Crippen molar-refractivity contribution in [3.63, 3.8) is 0 Å². The lowest BCUT2D eigenvalue weighted by atomic mass is 10.3. The number of sulfonamides is 1. The van der Waals surface area contributed by atoms with Crippen LogP contribution >= 0.6 is 0 Å². The molecule has 0 atom stereocenters. The van der Waals surface area contributed by atoms with Crippen LogP contribution in [0.3, 0.4) is 0 Å². The van der Waals surface area contributed by atoms with Crippen LogP contribution in [0.2, 0.25) is 0 Å². The predicted molar refractivity (Wildman–Crippen MR) is 68.2 cm³/mol. The Bertz CT molecular complexity index is 565. The molecule has 19 heavy (non-hydrogen) atoms. The van der Waals surface area contributed by atoms with Gasteiger partial charge in [0.15, 0.2) is 0 Å². The summed E-state index contributed by atoms with van der Waals surface area (Å²) < 4.78 is 25.1. The second-order valence-electron chi connectivity index (χ2n) is 3.76. The number of hydrogen-bond donors (Lipinski definition) is 3. The van der Waals surface area contributed by atoms with Gasteiger partial charge in [0.25, 0.3) is 10.0 Å². The molecule has 0 aromatic heterocycles. The molecule has 1 amide bonds. The Hall–Kier alpha value is -2.09. The first-order chi connectivity index (χ1) is 8.81. The van der Waals surface area contributed by atoms with Gasteiger partial charge in [0.05, 0.1) is 11.3 Å². The highest BCUT2D eigenvalue weighted by molar-refractivity contribution is 7.90. The molecule has 0 spiro atoms. The number of amides is 1. The van der Waals surface area contributed by atoms with Gasteiger partial charge in [-0.15, -0.1) is 0 Å². The van der Waals surface area contributed by atoms with E-state index in [9.17, 15) is 18.0 Å². The lowest BCUT2D eigenvalue weighted by Gasteiger charge is -2.07. The molecule has 0 aliphatic rings. The maximum absolute atomic E-state index is 11.6. The maximum atomic E-state index is 11.6. The minimum atomic E-state index is -3.83. The van der Waals surface area contributed by atoms with Gasteiger partial charge in [0, 0.05) is 19.2 Å². The van der Waals surface area contributed by atoms with E-state index >= 15 is 0 Å². The summed E-state index contributed by atoms with van der Waals surface area (Å²) in [5.74, 6) is -1.58. The summed E-state index contributed by atoms with van der Waals surface area (Å²) in [6.07, 6.45) is -0.0358. The van der Waals surface area contributed by atoms with Gasteiger partial charge in [-0.3, -0.25) is 9.59 Å². The Kier molecular flexibility index (Phi) is 4.87. The average molecular weight is 286 g/mol. The van der Waals surface area contributed by atoms with E-state index in [1.165, 1.54) is 24.3 Å². The topological polar surface area (TPSA) is 113 Å². The molecule has 0 radical (unpaired) electrons. The molecule has 7 nitrogen and oxygen atoms in total. The molecular weight excluding hydrogens is 272 g/mol. The fourth-order valence-corrected chi connectivity index (χ4v) is 2.30. The van der Waals surface area contributed by atoms with E-state index < -0.39 is 21.9 Å². The molecule has 1 aromatic rings. The fraction of sp³-hybridized carbons (Fsp3) is 0.273. The Morgan fingerprint density at radius 3 is 2.26 bits per heavy atom. The summed E-state index contributed by atoms with van der Waals surface area (Å²) in [6, 6.07) is 5.65. The summed E-state index contributed by atoms with van der Waals surface area (Å²) in [5, 5.41) is 11.3. The Morgan fingerprint density at radius 2 is 1.79 bits per heavy atom. The molecule has 1 aromatic carbocycles. The van der Waals surface area contributed by atoms with Gasteiger partial charge in [0.2, 0.25) is 5.91 Å². The Morgan fingerprint density at radius 1 is 1.21 bits per heavy atom. The lowest BCUT2D eigenvalue weighted by molar-refractivity contribution is -0.136. The molecule has 0 aliphatic heterocycles. The van der Waals surface area contributed by atoms with Gasteiger partial charge in [-0.1, -0.05) is 0 Å². The van der Waals surface area contributed by atoms with Crippen LogP contribution in [0, 0.1) is 0 Å². The van der Waals surface area contributed by atoms with E-state index in [2.05, 4.69) is 5.32 Å². The van der Waals surface area contributed by atoms with Crippen LogP contribution in [0.25, 0.3) is 0 Å². The zero-order valence-electron chi connectivity index (χ0n) is 10.2. The van der Waals surface area contributed by atoms with Crippen molar-refractivity contribution in [2.45, 2.75) is 18.2 Å². The number of carboxylic acid groups (broad SMARTS) is 1. The summed E-state index contributed by atoms with van der Waals surface area (Å²) >= 11 is 0. The molecular formula is C11H14N2O5S. The molecule has 0 bridgehead atoms. The highest BCUT2D eigenvalue weighted by Gasteiger charge is 2.14. The van der Waals surface area contributed by atoms with Gasteiger partial charge in [-0.25, -0.2) is 13.1 Å². The van der Waals surface area contributed by atoms with Gasteiger partial charge < -0.3 is 10.4 Å². The predicted octanol–water partition coefficient (Wildman–Crippen LogP) is 0.398. The standard InChI is InChI=1S/C11H14N2O5S/c1-8(14)13-19(17,18)10-4-2-9(3-5-10)12-7-6-11(15)16/h2-5,12H,6-7H2,1H3,(H,13,14)(H,15,16). The number of rotatable bonds is 6. The van der Waals surface area contributed by atoms with Crippen LogP contribution in [0.5, 0.6) is 0 Å². The first-order valence-electron chi connectivity index (χ1n) is 5.40. The van der Waals surface area contributed by atoms with E-state index in [4.69, 9.17) is 5.11 Å². The van der Waals surface area contributed by atoms with Crippen molar-refractivity contribution in [3.8, 4) is 0 Å². The minimum Gasteiger partial charge on any atom is -0.481 e. The van der Waals surface area contributed by atoms with Crippen LogP contribution in [-0.4, -0.2) is 31.9 Å². The third-order valence-electron chi connectivity index (χ3n) is 2.11. The second-order valence-corrected chi connectivity index (χ2v) is 5.44. The summed E-state index contributed by atoms with van der Waals surface area (Å²) in [6.45, 7) is 1.35. The Balaban J connectivity index is 2.71. The van der Waals surface area contributed by atoms with Crippen LogP contribution in [0.1, 0.15) is 13.3 Å². The summed E-state index contributed by atoms with van der Waals surface area (Å²) in [4.78, 5) is 21.0. The highest BCUT2D eigenvalue weighted by Crippen LogP contribution is 2.13. The first kappa shape index (κ1) is 15.0. The number of hydrogen-bond acceptors (Lipinski definition) is 5. The summed E-state index contributed by atoms with van der Waals surface area (Å²) in [7, 11) is -3.83. The largest absolute Gasteiger partial charge is 0.481 e. The first-order valence-corrected chi connectivity index (χ1v) is 6.89. The monoisotopic (exact) mass is 286 g/mol. The van der Waals surface area contributed by atoms with Crippen molar-refractivity contribution >= 4 is 27.6 Å². The SMILES string of the molecule is CC(=O)NS(=O)(=O)c1ccc(NCCC(=O)O)cc1. The third-order valence-corrected chi connectivity index (χ3v) is 3.56. The van der Waals surface area contributed by atoms with E-state index in [0.717, 1.165) is 6.92 Å². The number of nitrogens with one attached hydrogen (secondary N) is 2. The van der Waals surface area contributed by atoms with Crippen LogP contribution in [-0.2, 0) is 19.6 Å². The third kappa shape index (κ3) is 4.96. The molecule has 0 saturated heterocycles. The van der Waals surface area contributed by atoms with E-state index in [0.29, 0.717) is 5.69 Å². The second kappa shape index (κ2) is 6.19. The van der Waals surface area contributed by atoms with Crippen molar-refractivity contribution in [2.75, 3.05) is 11.9 Å². The van der Waals surface area contributed by atoms with Crippen LogP contribution in [0.15, 0.2) is 29.2 Å². The molecule has 8 heteroatoms. The maximum Gasteiger partial charge on any atom is 0.305 e. The number of benzene rings is 1. The molecule has 3 N–H and O–H groups in total. The van der Waals surface area contributed by atoms with Crippen molar-refractivity contribution in [2.24, 2.45) is 0 Å². The van der Waals surface area contributed by atoms with Gasteiger partial charge in [-0.2, -0.15) is 0 Å². The molecule has 0 saturated carbocycles. The van der Waals surface area contributed by atoms with Crippen molar-refractivity contribution in [1.82, 2.24) is 4.72 Å². The number of aliphatic carboxylic acids is 1.